The second-order valence-electron chi connectivity index (χ2n) is 9.46. The highest BCUT2D eigenvalue weighted by Crippen LogP contribution is 2.34. The van der Waals surface area contributed by atoms with E-state index in [2.05, 4.69) is 112 Å². The van der Waals surface area contributed by atoms with Crippen LogP contribution in [-0.4, -0.2) is 26.2 Å². The Hall–Kier alpha value is -3.78. The molecule has 0 radical (unpaired) electrons. The SMILES string of the molecule is C=CCN(CC=C)c1c(C)cc(-c2ccc(-c3cc(C)c(N(CC=C)CC=C)c(C)c3)cc2)cc1C. The van der Waals surface area contributed by atoms with Crippen molar-refractivity contribution in [2.24, 2.45) is 0 Å². The van der Waals surface area contributed by atoms with E-state index in [-0.39, 0.29) is 0 Å². The van der Waals surface area contributed by atoms with Crippen LogP contribution >= 0.6 is 0 Å². The van der Waals surface area contributed by atoms with Gasteiger partial charge in [-0.3, -0.25) is 0 Å². The van der Waals surface area contributed by atoms with Crippen LogP contribution in [0.3, 0.4) is 0 Å². The van der Waals surface area contributed by atoms with Crippen LogP contribution in [0.25, 0.3) is 22.3 Å². The van der Waals surface area contributed by atoms with Crippen molar-refractivity contribution in [2.45, 2.75) is 27.7 Å². The van der Waals surface area contributed by atoms with Gasteiger partial charge in [-0.15, -0.1) is 26.3 Å². The molecule has 0 N–H and O–H groups in total. The summed E-state index contributed by atoms with van der Waals surface area (Å²) in [6, 6.07) is 18.1. The zero-order chi connectivity index (χ0) is 26.2. The van der Waals surface area contributed by atoms with Crippen molar-refractivity contribution in [3.63, 3.8) is 0 Å². The monoisotopic (exact) mass is 476 g/mol. The summed E-state index contributed by atoms with van der Waals surface area (Å²) in [5, 5.41) is 0. The largest absolute Gasteiger partial charge is 0.364 e. The van der Waals surface area contributed by atoms with Crippen LogP contribution < -0.4 is 9.80 Å². The lowest BCUT2D eigenvalue weighted by Gasteiger charge is -2.27. The number of rotatable bonds is 12. The Morgan fingerprint density at radius 1 is 0.472 bits per heavy atom. The maximum atomic E-state index is 3.92. The smallest absolute Gasteiger partial charge is 0.0431 e. The van der Waals surface area contributed by atoms with Gasteiger partial charge in [0.05, 0.1) is 0 Å². The standard InChI is InChI=1S/C34H40N2/c1-9-17-35(18-10-2)33-25(5)21-31(22-26(33)6)29-13-15-30(16-14-29)32-23-27(7)34(28(8)24-32)36(19-11-3)20-12-4/h9-16,21-24H,1-4,17-20H2,5-8H3. The van der Waals surface area contributed by atoms with Crippen molar-refractivity contribution in [1.29, 1.82) is 0 Å². The van der Waals surface area contributed by atoms with Gasteiger partial charge in [0.1, 0.15) is 0 Å². The second-order valence-corrected chi connectivity index (χ2v) is 9.46. The van der Waals surface area contributed by atoms with E-state index in [0.717, 1.165) is 26.2 Å². The van der Waals surface area contributed by atoms with Gasteiger partial charge in [0, 0.05) is 37.6 Å². The van der Waals surface area contributed by atoms with Gasteiger partial charge in [-0.2, -0.15) is 0 Å². The third-order valence-corrected chi connectivity index (χ3v) is 6.56. The minimum absolute atomic E-state index is 0.804. The Morgan fingerprint density at radius 3 is 0.944 bits per heavy atom. The molecule has 0 unspecified atom stereocenters. The van der Waals surface area contributed by atoms with E-state index in [1.165, 1.54) is 55.9 Å². The first-order chi connectivity index (χ1) is 17.3. The Labute approximate surface area is 218 Å². The minimum atomic E-state index is 0.804. The molecule has 3 rings (SSSR count). The predicted octanol–water partition coefficient (Wildman–Crippen LogP) is 8.61. The van der Waals surface area contributed by atoms with Crippen LogP contribution in [0.15, 0.2) is 99.2 Å². The fourth-order valence-electron chi connectivity index (χ4n) is 5.24. The zero-order valence-corrected chi connectivity index (χ0v) is 22.5. The normalized spacial score (nSPS) is 10.6. The molecule has 0 aliphatic carbocycles. The van der Waals surface area contributed by atoms with Gasteiger partial charge in [0.2, 0.25) is 0 Å². The predicted molar refractivity (Wildman–Crippen MR) is 161 cm³/mol. The Bertz CT molecular complexity index is 1080. The number of nitrogens with zero attached hydrogens (tertiary/aromatic N) is 2. The number of anilines is 2. The Balaban J connectivity index is 1.93. The molecule has 2 nitrogen and oxygen atoms in total. The molecule has 3 aromatic carbocycles. The van der Waals surface area contributed by atoms with Crippen molar-refractivity contribution in [3.8, 4) is 22.3 Å². The summed E-state index contributed by atoms with van der Waals surface area (Å²) in [6.07, 6.45) is 7.78. The number of hydrogen-bond acceptors (Lipinski definition) is 2. The average molecular weight is 477 g/mol. The van der Waals surface area contributed by atoms with Crippen molar-refractivity contribution in [3.05, 3.63) is 121 Å². The Kier molecular flexibility index (Phi) is 9.13. The summed E-state index contributed by atoms with van der Waals surface area (Å²) in [4.78, 5) is 4.63. The molecule has 3 aromatic rings. The quantitative estimate of drug-likeness (QED) is 0.241. The van der Waals surface area contributed by atoms with Crippen LogP contribution in [-0.2, 0) is 0 Å². The molecule has 0 aliphatic rings. The molecule has 0 amide bonds. The van der Waals surface area contributed by atoms with E-state index in [4.69, 9.17) is 0 Å². The average Bonchev–Trinajstić information content (AvgIpc) is 2.84. The highest BCUT2D eigenvalue weighted by Gasteiger charge is 2.14. The van der Waals surface area contributed by atoms with Crippen LogP contribution in [0.4, 0.5) is 11.4 Å². The molecule has 0 aliphatic heterocycles. The molecule has 0 bridgehead atoms. The summed E-state index contributed by atoms with van der Waals surface area (Å²) in [5.74, 6) is 0. The van der Waals surface area contributed by atoms with Gasteiger partial charge >= 0.3 is 0 Å². The van der Waals surface area contributed by atoms with Gasteiger partial charge in [-0.25, -0.2) is 0 Å². The molecule has 0 saturated carbocycles. The molecular weight excluding hydrogens is 436 g/mol. The number of aryl methyl sites for hydroxylation is 4. The van der Waals surface area contributed by atoms with Crippen molar-refractivity contribution >= 4 is 11.4 Å². The maximum Gasteiger partial charge on any atom is 0.0431 e. The molecule has 0 spiro atoms. The number of hydrogen-bond donors (Lipinski definition) is 0. The molecule has 36 heavy (non-hydrogen) atoms. The van der Waals surface area contributed by atoms with Crippen LogP contribution in [0, 0.1) is 27.7 Å². The molecule has 186 valence electrons. The van der Waals surface area contributed by atoms with Gasteiger partial charge in [-0.1, -0.05) is 48.6 Å². The first-order valence-corrected chi connectivity index (χ1v) is 12.6. The highest BCUT2D eigenvalue weighted by atomic mass is 15.1. The molecule has 0 fully saturated rings. The van der Waals surface area contributed by atoms with Crippen LogP contribution in [0.1, 0.15) is 22.3 Å². The third-order valence-electron chi connectivity index (χ3n) is 6.56. The molecule has 0 saturated heterocycles. The van der Waals surface area contributed by atoms with Crippen molar-refractivity contribution < 1.29 is 0 Å². The van der Waals surface area contributed by atoms with E-state index < -0.39 is 0 Å². The summed E-state index contributed by atoms with van der Waals surface area (Å²) in [6.45, 7) is 27.7. The highest BCUT2D eigenvalue weighted by molar-refractivity contribution is 5.76. The third kappa shape index (κ3) is 5.88. The van der Waals surface area contributed by atoms with Crippen molar-refractivity contribution in [2.75, 3.05) is 36.0 Å². The second kappa shape index (κ2) is 12.3. The van der Waals surface area contributed by atoms with Gasteiger partial charge in [-0.05, 0) is 96.5 Å². The summed E-state index contributed by atoms with van der Waals surface area (Å²) >= 11 is 0. The lowest BCUT2D eigenvalue weighted by Crippen LogP contribution is -2.24. The van der Waals surface area contributed by atoms with Crippen molar-refractivity contribution in [1.82, 2.24) is 0 Å². The fourth-order valence-corrected chi connectivity index (χ4v) is 5.24. The molecule has 0 atom stereocenters. The van der Waals surface area contributed by atoms with Crippen LogP contribution in [0.5, 0.6) is 0 Å². The molecule has 0 aromatic heterocycles. The lowest BCUT2D eigenvalue weighted by atomic mass is 9.94. The summed E-state index contributed by atoms with van der Waals surface area (Å²) < 4.78 is 0. The van der Waals surface area contributed by atoms with E-state index in [9.17, 15) is 0 Å². The maximum absolute atomic E-state index is 3.92. The first kappa shape index (κ1) is 26.8. The molecular formula is C34H40N2. The summed E-state index contributed by atoms with van der Waals surface area (Å²) in [7, 11) is 0. The Morgan fingerprint density at radius 2 is 0.722 bits per heavy atom. The van der Waals surface area contributed by atoms with Gasteiger partial charge in [0.15, 0.2) is 0 Å². The van der Waals surface area contributed by atoms with E-state index >= 15 is 0 Å². The lowest BCUT2D eigenvalue weighted by molar-refractivity contribution is 0.942. The minimum Gasteiger partial charge on any atom is -0.364 e. The van der Waals surface area contributed by atoms with Gasteiger partial charge < -0.3 is 9.80 Å². The topological polar surface area (TPSA) is 6.48 Å². The van der Waals surface area contributed by atoms with E-state index in [0.29, 0.717) is 0 Å². The number of benzene rings is 3. The van der Waals surface area contributed by atoms with Gasteiger partial charge in [0.25, 0.3) is 0 Å². The first-order valence-electron chi connectivity index (χ1n) is 12.6. The van der Waals surface area contributed by atoms with E-state index in [1.54, 1.807) is 0 Å². The molecule has 2 heteroatoms. The van der Waals surface area contributed by atoms with Crippen LogP contribution in [0.2, 0.25) is 0 Å². The fraction of sp³-hybridized carbons (Fsp3) is 0.235. The summed E-state index contributed by atoms with van der Waals surface area (Å²) in [5.41, 5.74) is 12.5. The van der Waals surface area contributed by atoms with E-state index in [1.807, 2.05) is 24.3 Å². The molecule has 0 heterocycles. The zero-order valence-electron chi connectivity index (χ0n) is 22.5.